The maximum atomic E-state index is 16.9. The first-order valence-corrected chi connectivity index (χ1v) is 17.7. The summed E-state index contributed by atoms with van der Waals surface area (Å²) in [6.45, 7) is 7.67. The van der Waals surface area contributed by atoms with Crippen molar-refractivity contribution >= 4 is 40.2 Å². The van der Waals surface area contributed by atoms with Crippen LogP contribution in [0.15, 0.2) is 35.7 Å². The zero-order valence-electron chi connectivity index (χ0n) is 30.1. The maximum Gasteiger partial charge on any atom is 0.418 e. The number of urea groups is 1. The van der Waals surface area contributed by atoms with E-state index in [9.17, 15) is 26.7 Å². The van der Waals surface area contributed by atoms with E-state index < -0.39 is 63.0 Å². The fraction of sp³-hybridized carbons (Fsp3) is 0.486. The number of aromatic nitrogens is 3. The number of alkyl halides is 3. The van der Waals surface area contributed by atoms with E-state index in [2.05, 4.69) is 15.0 Å². The molecule has 3 saturated heterocycles. The van der Waals surface area contributed by atoms with Crippen molar-refractivity contribution in [1.82, 2.24) is 29.8 Å². The molecule has 292 valence electrons. The summed E-state index contributed by atoms with van der Waals surface area (Å²) in [5.41, 5.74) is 8.06. The van der Waals surface area contributed by atoms with Gasteiger partial charge in [0.1, 0.15) is 23.8 Å². The molecule has 0 saturated carbocycles. The Morgan fingerprint density at radius 1 is 1.19 bits per heavy atom. The molecule has 0 spiro atoms. The van der Waals surface area contributed by atoms with Crippen LogP contribution in [0.5, 0.6) is 6.01 Å². The number of piperazine rings is 1. The summed E-state index contributed by atoms with van der Waals surface area (Å²) in [6, 6.07) is 0.978. The van der Waals surface area contributed by atoms with Crippen molar-refractivity contribution < 1.29 is 35.9 Å². The molecule has 6 N–H and O–H groups in total. The first-order chi connectivity index (χ1) is 25.3. The van der Waals surface area contributed by atoms with Crippen molar-refractivity contribution in [3.8, 4) is 17.3 Å². The number of aryl methyl sites for hydroxylation is 1. The van der Waals surface area contributed by atoms with E-state index in [0.717, 1.165) is 17.5 Å². The van der Waals surface area contributed by atoms with Crippen molar-refractivity contribution in [2.45, 2.75) is 64.7 Å². The number of halogens is 7. The van der Waals surface area contributed by atoms with Gasteiger partial charge in [-0.05, 0) is 63.3 Å². The number of amides is 2. The van der Waals surface area contributed by atoms with Crippen molar-refractivity contribution in [3.05, 3.63) is 57.7 Å². The third-order valence-corrected chi connectivity index (χ3v) is 10.6. The Balaban J connectivity index is 1.44. The molecule has 6 rings (SSSR count). The summed E-state index contributed by atoms with van der Waals surface area (Å²) in [6.07, 6.45) is -3.97. The number of rotatable bonds is 7. The molecule has 12 nitrogen and oxygen atoms in total. The fourth-order valence-corrected chi connectivity index (χ4v) is 7.82. The number of hydrogen-bond donors (Lipinski definition) is 3. The zero-order valence-corrected chi connectivity index (χ0v) is 30.8. The van der Waals surface area contributed by atoms with Gasteiger partial charge in [-0.2, -0.15) is 31.9 Å². The molecule has 2 amide bonds. The second kappa shape index (κ2) is 14.6. The van der Waals surface area contributed by atoms with Gasteiger partial charge in [0.05, 0.1) is 27.4 Å². The molecule has 19 heteroatoms. The van der Waals surface area contributed by atoms with Crippen molar-refractivity contribution in [1.29, 1.82) is 0 Å². The van der Waals surface area contributed by atoms with E-state index in [4.69, 9.17) is 33.6 Å². The lowest BCUT2D eigenvalue weighted by molar-refractivity contribution is -0.137. The first-order valence-electron chi connectivity index (χ1n) is 17.3. The van der Waals surface area contributed by atoms with Gasteiger partial charge in [-0.1, -0.05) is 25.4 Å². The molecule has 3 aromatic rings. The number of carbonyl (C=O) groups excluding carboxylic acids is 1. The summed E-state index contributed by atoms with van der Waals surface area (Å²) in [5.74, 6) is 4.58. The number of anilines is 2. The molecule has 2 atom stereocenters. The van der Waals surface area contributed by atoms with Crippen LogP contribution < -0.4 is 26.9 Å². The van der Waals surface area contributed by atoms with Crippen LogP contribution in [0.3, 0.4) is 0 Å². The molecule has 0 bridgehead atoms. The molecule has 0 aliphatic carbocycles. The van der Waals surface area contributed by atoms with Gasteiger partial charge >= 0.3 is 18.2 Å². The third-order valence-electron chi connectivity index (χ3n) is 10.3. The van der Waals surface area contributed by atoms with E-state index >= 15 is 4.39 Å². The third kappa shape index (κ3) is 7.30. The van der Waals surface area contributed by atoms with Crippen LogP contribution in [-0.2, 0) is 6.18 Å². The fourth-order valence-electron chi connectivity index (χ4n) is 7.54. The monoisotopic (exact) mass is 782 g/mol. The average molecular weight is 783 g/mol. The Morgan fingerprint density at radius 2 is 1.91 bits per heavy atom. The standard InChI is InChI=1S/C35H41ClF6N10O2/c1-17(2)23(43)15-52(45)33(53)49-8-9-51(19(4)13-49)31-21-11-22(36)25(29-26(35(40,41)42)18(3)10-24(44)46-29)27(37)28(21)47-32(48-31)54-16-34-6-5-7-50(34)14-20(12-34)30(38)39/h10-11,15,17,19H,5-9,12-14,16,43,45H2,1-4H3,(H2,44,46)/b23-15-/t19-,34?/m0/s1. The van der Waals surface area contributed by atoms with E-state index in [-0.39, 0.29) is 79.3 Å². The quantitative estimate of drug-likeness (QED) is 0.106. The second-order valence-corrected chi connectivity index (χ2v) is 14.8. The highest BCUT2D eigenvalue weighted by molar-refractivity contribution is 6.34. The lowest BCUT2D eigenvalue weighted by Crippen LogP contribution is -2.57. The maximum absolute atomic E-state index is 16.9. The van der Waals surface area contributed by atoms with Gasteiger partial charge in [0.15, 0.2) is 5.82 Å². The molecule has 2 aromatic heterocycles. The lowest BCUT2D eigenvalue weighted by Gasteiger charge is -2.41. The van der Waals surface area contributed by atoms with E-state index in [1.54, 1.807) is 11.8 Å². The van der Waals surface area contributed by atoms with Crippen LogP contribution in [0.25, 0.3) is 22.2 Å². The highest BCUT2D eigenvalue weighted by Gasteiger charge is 2.48. The number of nitrogen functional groups attached to an aromatic ring is 1. The lowest BCUT2D eigenvalue weighted by atomic mass is 9.94. The van der Waals surface area contributed by atoms with Crippen LogP contribution in [0.2, 0.25) is 5.02 Å². The average Bonchev–Trinajstić information content (AvgIpc) is 3.64. The molecule has 3 aliphatic rings. The van der Waals surface area contributed by atoms with Crippen LogP contribution in [0.4, 0.5) is 42.8 Å². The van der Waals surface area contributed by atoms with Gasteiger partial charge in [0.25, 0.3) is 6.08 Å². The largest absolute Gasteiger partial charge is 0.461 e. The number of benzene rings is 1. The van der Waals surface area contributed by atoms with Crippen molar-refractivity contribution in [2.75, 3.05) is 50.0 Å². The van der Waals surface area contributed by atoms with E-state index in [0.29, 0.717) is 18.7 Å². The first kappa shape index (κ1) is 39.2. The highest BCUT2D eigenvalue weighted by atomic mass is 35.5. The minimum atomic E-state index is -4.95. The Bertz CT molecular complexity index is 2040. The predicted octanol–water partition coefficient (Wildman–Crippen LogP) is 6.42. The predicted molar refractivity (Wildman–Crippen MR) is 192 cm³/mol. The van der Waals surface area contributed by atoms with Crippen LogP contribution in [-0.4, -0.2) is 86.7 Å². The summed E-state index contributed by atoms with van der Waals surface area (Å²) in [4.78, 5) is 31.3. The summed E-state index contributed by atoms with van der Waals surface area (Å²) in [7, 11) is 0. The summed E-state index contributed by atoms with van der Waals surface area (Å²) < 4.78 is 93.5. The number of nitrogens with zero attached hydrogens (tertiary/aromatic N) is 7. The molecule has 1 aromatic carbocycles. The smallest absolute Gasteiger partial charge is 0.418 e. The number of hydrogen-bond acceptors (Lipinski definition) is 10. The van der Waals surface area contributed by atoms with Gasteiger partial charge in [-0.15, -0.1) is 0 Å². The number of nitrogens with two attached hydrogens (primary N) is 3. The number of pyridine rings is 1. The van der Waals surface area contributed by atoms with Crippen molar-refractivity contribution in [2.24, 2.45) is 17.5 Å². The van der Waals surface area contributed by atoms with E-state index in [1.165, 1.54) is 24.1 Å². The van der Waals surface area contributed by atoms with Gasteiger partial charge in [-0.3, -0.25) is 4.90 Å². The molecule has 54 heavy (non-hydrogen) atoms. The Hall–Kier alpha value is -4.55. The van der Waals surface area contributed by atoms with Gasteiger partial charge in [-0.25, -0.2) is 25.0 Å². The van der Waals surface area contributed by atoms with Crippen molar-refractivity contribution in [3.63, 3.8) is 0 Å². The van der Waals surface area contributed by atoms with Crippen LogP contribution >= 0.6 is 11.6 Å². The number of hydrazine groups is 1. The van der Waals surface area contributed by atoms with Crippen LogP contribution in [0, 0.1) is 18.7 Å². The SMILES string of the molecule is Cc1cc(N)nc(-c2c(Cl)cc3c(N4CCN(C(=O)N(N)/C=C(\N)C(C)C)C[C@@H]4C)nc(OCC45CCCN4CC(=C(F)F)C5)nc3c2F)c1C(F)(F)F. The molecule has 3 fully saturated rings. The molecule has 3 aliphatic heterocycles. The minimum absolute atomic E-state index is 0.00816. The highest BCUT2D eigenvalue weighted by Crippen LogP contribution is 2.46. The molecule has 1 unspecified atom stereocenters. The van der Waals surface area contributed by atoms with Gasteiger partial charge in [0.2, 0.25) is 0 Å². The Labute approximate surface area is 312 Å². The molecule has 0 radical (unpaired) electrons. The summed E-state index contributed by atoms with van der Waals surface area (Å²) in [5, 5.41) is 0.551. The second-order valence-electron chi connectivity index (χ2n) is 14.4. The Kier molecular flexibility index (Phi) is 10.6. The van der Waals surface area contributed by atoms with Gasteiger partial charge < -0.3 is 26.0 Å². The molecular weight excluding hydrogens is 742 g/mol. The molecule has 5 heterocycles. The number of allylic oxidation sites excluding steroid dienone is 1. The number of ether oxygens (including phenoxy) is 1. The van der Waals surface area contributed by atoms with E-state index in [1.807, 2.05) is 18.7 Å². The molecular formula is C35H41ClF6N10O2. The van der Waals surface area contributed by atoms with Crippen LogP contribution in [0.1, 0.15) is 51.2 Å². The zero-order chi connectivity index (χ0) is 39.4. The topological polar surface area (TPSA) is 156 Å². The number of carbonyl (C=O) groups is 1. The Morgan fingerprint density at radius 3 is 2.56 bits per heavy atom. The minimum Gasteiger partial charge on any atom is -0.461 e. The normalized spacial score (nSPS) is 21.0. The van der Waals surface area contributed by atoms with Gasteiger partial charge in [0, 0.05) is 55.1 Å². The summed E-state index contributed by atoms with van der Waals surface area (Å²) >= 11 is 6.61. The number of fused-ring (bicyclic) bond motifs is 2.